The molecule has 0 aliphatic rings. The lowest BCUT2D eigenvalue weighted by atomic mass is 10.1. The van der Waals surface area contributed by atoms with Crippen LogP contribution < -0.4 is 14.8 Å². The van der Waals surface area contributed by atoms with Gasteiger partial charge in [0.2, 0.25) is 0 Å². The summed E-state index contributed by atoms with van der Waals surface area (Å²) in [6.45, 7) is 2.83. The Balaban J connectivity index is 2.10. The number of anilines is 1. The van der Waals surface area contributed by atoms with Crippen LogP contribution in [-0.2, 0) is 6.54 Å². The second-order valence-corrected chi connectivity index (χ2v) is 5.37. The summed E-state index contributed by atoms with van der Waals surface area (Å²) in [5.74, 6) is 1.45. The first-order valence-corrected chi connectivity index (χ1v) is 7.14. The third-order valence-electron chi connectivity index (χ3n) is 3.08. The molecule has 0 aromatic heterocycles. The van der Waals surface area contributed by atoms with Crippen molar-refractivity contribution in [1.29, 1.82) is 0 Å². The number of benzene rings is 2. The van der Waals surface area contributed by atoms with Gasteiger partial charge in [-0.3, -0.25) is 0 Å². The molecule has 0 atom stereocenters. The SMILES string of the molecule is COc1ccc(NCc2ccc(C)cc2Br)cc1OC. The van der Waals surface area contributed by atoms with Gasteiger partial charge in [0.1, 0.15) is 0 Å². The van der Waals surface area contributed by atoms with Gasteiger partial charge < -0.3 is 14.8 Å². The fourth-order valence-corrected chi connectivity index (χ4v) is 2.57. The predicted octanol–water partition coefficient (Wildman–Crippen LogP) is 4.39. The Labute approximate surface area is 128 Å². The Hall–Kier alpha value is -1.68. The number of aryl methyl sites for hydroxylation is 1. The first kappa shape index (κ1) is 14.7. The Bertz CT molecular complexity index is 599. The van der Waals surface area contributed by atoms with E-state index in [0.717, 1.165) is 28.2 Å². The molecule has 106 valence electrons. The van der Waals surface area contributed by atoms with Gasteiger partial charge in [-0.15, -0.1) is 0 Å². The third-order valence-corrected chi connectivity index (χ3v) is 3.81. The standard InChI is InChI=1S/C16H18BrNO2/c1-11-4-5-12(14(17)8-11)10-18-13-6-7-15(19-2)16(9-13)20-3/h4-9,18H,10H2,1-3H3. The van der Waals surface area contributed by atoms with Crippen molar-refractivity contribution < 1.29 is 9.47 Å². The Kier molecular flexibility index (Phi) is 4.90. The smallest absolute Gasteiger partial charge is 0.162 e. The molecule has 0 saturated heterocycles. The molecule has 0 unspecified atom stereocenters. The molecule has 2 aromatic rings. The van der Waals surface area contributed by atoms with Crippen molar-refractivity contribution in [3.8, 4) is 11.5 Å². The Morgan fingerprint density at radius 1 is 1.00 bits per heavy atom. The number of hydrogen-bond acceptors (Lipinski definition) is 3. The maximum Gasteiger partial charge on any atom is 0.162 e. The monoisotopic (exact) mass is 335 g/mol. The van der Waals surface area contributed by atoms with Crippen molar-refractivity contribution in [2.24, 2.45) is 0 Å². The number of methoxy groups -OCH3 is 2. The highest BCUT2D eigenvalue weighted by Crippen LogP contribution is 2.30. The van der Waals surface area contributed by atoms with Crippen LogP contribution in [0.4, 0.5) is 5.69 Å². The van der Waals surface area contributed by atoms with Crippen molar-refractivity contribution in [3.63, 3.8) is 0 Å². The Morgan fingerprint density at radius 3 is 2.40 bits per heavy atom. The molecule has 4 heteroatoms. The van der Waals surface area contributed by atoms with Crippen LogP contribution in [0.5, 0.6) is 11.5 Å². The van der Waals surface area contributed by atoms with E-state index in [9.17, 15) is 0 Å². The molecule has 0 aliphatic heterocycles. The molecule has 2 rings (SSSR count). The quantitative estimate of drug-likeness (QED) is 0.879. The van der Waals surface area contributed by atoms with Crippen LogP contribution in [0.25, 0.3) is 0 Å². The van der Waals surface area contributed by atoms with E-state index in [1.807, 2.05) is 18.2 Å². The fourth-order valence-electron chi connectivity index (χ4n) is 1.94. The lowest BCUT2D eigenvalue weighted by molar-refractivity contribution is 0.355. The molecule has 0 fully saturated rings. The zero-order chi connectivity index (χ0) is 14.5. The first-order valence-electron chi connectivity index (χ1n) is 6.35. The maximum absolute atomic E-state index is 5.29. The van der Waals surface area contributed by atoms with Crippen molar-refractivity contribution in [1.82, 2.24) is 0 Å². The van der Waals surface area contributed by atoms with E-state index in [1.165, 1.54) is 11.1 Å². The number of halogens is 1. The lowest BCUT2D eigenvalue weighted by Gasteiger charge is -2.12. The molecule has 2 aromatic carbocycles. The van der Waals surface area contributed by atoms with Crippen LogP contribution in [-0.4, -0.2) is 14.2 Å². The number of nitrogens with one attached hydrogen (secondary N) is 1. The molecule has 0 aliphatic carbocycles. The molecule has 0 heterocycles. The van der Waals surface area contributed by atoms with Crippen molar-refractivity contribution >= 4 is 21.6 Å². The summed E-state index contributed by atoms with van der Waals surface area (Å²) in [6, 6.07) is 12.1. The van der Waals surface area contributed by atoms with Crippen LogP contribution in [0.1, 0.15) is 11.1 Å². The van der Waals surface area contributed by atoms with E-state index in [4.69, 9.17) is 9.47 Å². The highest BCUT2D eigenvalue weighted by molar-refractivity contribution is 9.10. The Morgan fingerprint density at radius 2 is 1.75 bits per heavy atom. The van der Waals surface area contributed by atoms with E-state index < -0.39 is 0 Å². The molecule has 0 spiro atoms. The number of hydrogen-bond donors (Lipinski definition) is 1. The number of ether oxygens (including phenoxy) is 2. The maximum atomic E-state index is 5.29. The lowest BCUT2D eigenvalue weighted by Crippen LogP contribution is -2.01. The summed E-state index contributed by atoms with van der Waals surface area (Å²) in [4.78, 5) is 0. The molecule has 0 saturated carbocycles. The molecule has 0 radical (unpaired) electrons. The largest absolute Gasteiger partial charge is 0.493 e. The van der Waals surface area contributed by atoms with Crippen LogP contribution >= 0.6 is 15.9 Å². The van der Waals surface area contributed by atoms with E-state index in [-0.39, 0.29) is 0 Å². The minimum absolute atomic E-state index is 0.723. The molecule has 20 heavy (non-hydrogen) atoms. The van der Waals surface area contributed by atoms with Gasteiger partial charge >= 0.3 is 0 Å². The van der Waals surface area contributed by atoms with Gasteiger partial charge in [0, 0.05) is 22.8 Å². The van der Waals surface area contributed by atoms with Crippen LogP contribution in [0.2, 0.25) is 0 Å². The topological polar surface area (TPSA) is 30.5 Å². The van der Waals surface area contributed by atoms with E-state index in [2.05, 4.69) is 46.4 Å². The van der Waals surface area contributed by atoms with Crippen molar-refractivity contribution in [2.45, 2.75) is 13.5 Å². The normalized spacial score (nSPS) is 10.2. The van der Waals surface area contributed by atoms with Gasteiger partial charge in [0.05, 0.1) is 14.2 Å². The average Bonchev–Trinajstić information content (AvgIpc) is 2.46. The second-order valence-electron chi connectivity index (χ2n) is 4.52. The molecule has 0 bridgehead atoms. The van der Waals surface area contributed by atoms with Gasteiger partial charge in [-0.1, -0.05) is 28.1 Å². The molecular weight excluding hydrogens is 318 g/mol. The molecule has 3 nitrogen and oxygen atoms in total. The van der Waals surface area contributed by atoms with Gasteiger partial charge in [-0.2, -0.15) is 0 Å². The van der Waals surface area contributed by atoms with E-state index in [1.54, 1.807) is 14.2 Å². The molecule has 0 amide bonds. The van der Waals surface area contributed by atoms with E-state index in [0.29, 0.717) is 0 Å². The first-order chi connectivity index (χ1) is 9.63. The van der Waals surface area contributed by atoms with Gasteiger partial charge in [-0.05, 0) is 36.2 Å². The van der Waals surface area contributed by atoms with Crippen molar-refractivity contribution in [2.75, 3.05) is 19.5 Å². The minimum atomic E-state index is 0.723. The average molecular weight is 336 g/mol. The van der Waals surface area contributed by atoms with E-state index >= 15 is 0 Å². The van der Waals surface area contributed by atoms with Gasteiger partial charge in [0.15, 0.2) is 11.5 Å². The highest BCUT2D eigenvalue weighted by atomic mass is 79.9. The van der Waals surface area contributed by atoms with Crippen molar-refractivity contribution in [3.05, 3.63) is 52.0 Å². The minimum Gasteiger partial charge on any atom is -0.493 e. The summed E-state index contributed by atoms with van der Waals surface area (Å²) in [5, 5.41) is 3.38. The van der Waals surface area contributed by atoms with Crippen LogP contribution in [0.15, 0.2) is 40.9 Å². The second kappa shape index (κ2) is 6.66. The highest BCUT2D eigenvalue weighted by Gasteiger charge is 2.05. The fraction of sp³-hybridized carbons (Fsp3) is 0.250. The summed E-state index contributed by atoms with van der Waals surface area (Å²) < 4.78 is 11.6. The molecule has 1 N–H and O–H groups in total. The summed E-state index contributed by atoms with van der Waals surface area (Å²) in [6.07, 6.45) is 0. The summed E-state index contributed by atoms with van der Waals surface area (Å²) in [5.41, 5.74) is 3.45. The zero-order valence-electron chi connectivity index (χ0n) is 11.9. The third kappa shape index (κ3) is 3.45. The van der Waals surface area contributed by atoms with Crippen LogP contribution in [0.3, 0.4) is 0 Å². The summed E-state index contributed by atoms with van der Waals surface area (Å²) in [7, 11) is 3.27. The zero-order valence-corrected chi connectivity index (χ0v) is 13.5. The number of rotatable bonds is 5. The van der Waals surface area contributed by atoms with Crippen LogP contribution in [0, 0.1) is 6.92 Å². The molecular formula is C16H18BrNO2. The van der Waals surface area contributed by atoms with Gasteiger partial charge in [0.25, 0.3) is 0 Å². The van der Waals surface area contributed by atoms with Gasteiger partial charge in [-0.25, -0.2) is 0 Å². The summed E-state index contributed by atoms with van der Waals surface area (Å²) >= 11 is 3.59. The predicted molar refractivity (Wildman–Crippen MR) is 85.8 cm³/mol.